The van der Waals surface area contributed by atoms with Crippen molar-refractivity contribution in [3.63, 3.8) is 0 Å². The number of aliphatic carboxylic acids is 1. The molecule has 18 heavy (non-hydrogen) atoms. The molecule has 0 aliphatic carbocycles. The van der Waals surface area contributed by atoms with Gasteiger partial charge in [0, 0.05) is 5.69 Å². The smallest absolute Gasteiger partial charge is 0.346 e. The molecule has 0 bridgehead atoms. The number of hydrogen-bond donors (Lipinski definition) is 3. The van der Waals surface area contributed by atoms with E-state index in [1.807, 2.05) is 0 Å². The normalized spacial score (nSPS) is 10.0. The standard InChI is InChI=1S/C6H5Cl2N.C5H5NO3/c7-5-2-1-4(9)3-6(5)8;6-3-4(1-2-7)5(8)9/h1-3H,9H2;1,7H,2H2,(H,8,9). The van der Waals surface area contributed by atoms with Gasteiger partial charge in [0.05, 0.1) is 16.7 Å². The number of carboxylic acids is 1. The Morgan fingerprint density at radius 3 is 2.33 bits per heavy atom. The Balaban J connectivity index is 0.000000321. The van der Waals surface area contributed by atoms with E-state index in [4.69, 9.17) is 44.4 Å². The van der Waals surface area contributed by atoms with Gasteiger partial charge in [-0.15, -0.1) is 0 Å². The van der Waals surface area contributed by atoms with Crippen LogP contribution in [0.2, 0.25) is 10.0 Å². The fraction of sp³-hybridized carbons (Fsp3) is 0.0909. The third-order valence-electron chi connectivity index (χ3n) is 1.59. The van der Waals surface area contributed by atoms with E-state index in [0.29, 0.717) is 15.7 Å². The van der Waals surface area contributed by atoms with Crippen LogP contribution in [0.1, 0.15) is 0 Å². The molecular formula is C11H10Cl2N2O3. The lowest BCUT2D eigenvalue weighted by atomic mass is 10.3. The van der Waals surface area contributed by atoms with Gasteiger partial charge in [-0.05, 0) is 24.3 Å². The summed E-state index contributed by atoms with van der Waals surface area (Å²) in [5, 5.41) is 25.3. The molecule has 1 rings (SSSR count). The zero-order valence-electron chi connectivity index (χ0n) is 9.10. The minimum Gasteiger partial charge on any atom is -0.477 e. The Morgan fingerprint density at radius 1 is 1.44 bits per heavy atom. The molecule has 0 spiro atoms. The molecule has 0 saturated carbocycles. The molecule has 0 aromatic heterocycles. The predicted octanol–water partition coefficient (Wildman–Crippen LogP) is 2.09. The molecule has 0 aliphatic heterocycles. The molecule has 1 aromatic rings. The van der Waals surface area contributed by atoms with Crippen LogP contribution in [-0.2, 0) is 4.79 Å². The van der Waals surface area contributed by atoms with Crippen LogP contribution < -0.4 is 5.73 Å². The number of nitrogen functional groups attached to an aromatic ring is 1. The number of rotatable bonds is 2. The number of carbonyl (C=O) groups is 1. The number of nitriles is 1. The predicted molar refractivity (Wildman–Crippen MR) is 69.3 cm³/mol. The van der Waals surface area contributed by atoms with Crippen molar-refractivity contribution in [1.29, 1.82) is 5.26 Å². The van der Waals surface area contributed by atoms with Gasteiger partial charge < -0.3 is 15.9 Å². The van der Waals surface area contributed by atoms with Crippen molar-refractivity contribution in [1.82, 2.24) is 0 Å². The van der Waals surface area contributed by atoms with E-state index in [1.165, 1.54) is 6.07 Å². The second kappa shape index (κ2) is 8.37. The molecule has 4 N–H and O–H groups in total. The average Bonchev–Trinajstić information content (AvgIpc) is 2.31. The summed E-state index contributed by atoms with van der Waals surface area (Å²) in [6.07, 6.45) is 0.933. The lowest BCUT2D eigenvalue weighted by molar-refractivity contribution is -0.132. The Morgan fingerprint density at radius 2 is 2.06 bits per heavy atom. The van der Waals surface area contributed by atoms with Gasteiger partial charge in [-0.25, -0.2) is 4.79 Å². The van der Waals surface area contributed by atoms with Crippen molar-refractivity contribution in [3.05, 3.63) is 39.9 Å². The van der Waals surface area contributed by atoms with E-state index < -0.39 is 18.1 Å². The summed E-state index contributed by atoms with van der Waals surface area (Å²) < 4.78 is 0. The molecule has 0 saturated heterocycles. The Bertz CT molecular complexity index is 496. The van der Waals surface area contributed by atoms with Crippen molar-refractivity contribution in [2.75, 3.05) is 12.3 Å². The number of aliphatic hydroxyl groups excluding tert-OH is 1. The van der Waals surface area contributed by atoms with Crippen LogP contribution in [-0.4, -0.2) is 22.8 Å². The monoisotopic (exact) mass is 288 g/mol. The third kappa shape index (κ3) is 6.11. The quantitative estimate of drug-likeness (QED) is 0.439. The fourth-order valence-corrected chi connectivity index (χ4v) is 1.09. The molecule has 0 radical (unpaired) electrons. The van der Waals surface area contributed by atoms with Gasteiger partial charge in [-0.3, -0.25) is 0 Å². The minimum absolute atomic E-state index is 0.421. The summed E-state index contributed by atoms with van der Waals surface area (Å²) in [6.45, 7) is -0.421. The lowest BCUT2D eigenvalue weighted by Gasteiger charge is -1.94. The summed E-state index contributed by atoms with van der Waals surface area (Å²) in [7, 11) is 0. The van der Waals surface area contributed by atoms with Crippen molar-refractivity contribution in [2.24, 2.45) is 0 Å². The highest BCUT2D eigenvalue weighted by atomic mass is 35.5. The number of aliphatic hydroxyl groups is 1. The third-order valence-corrected chi connectivity index (χ3v) is 2.33. The maximum atomic E-state index is 9.92. The van der Waals surface area contributed by atoms with Crippen LogP contribution in [0, 0.1) is 11.3 Å². The minimum atomic E-state index is -1.31. The van der Waals surface area contributed by atoms with Gasteiger partial charge in [0.25, 0.3) is 0 Å². The molecule has 7 heteroatoms. The number of carboxylic acid groups (broad SMARTS) is 1. The highest BCUT2D eigenvalue weighted by Gasteiger charge is 2.02. The first-order valence-electron chi connectivity index (χ1n) is 4.57. The number of nitrogens with two attached hydrogens (primary N) is 1. The van der Waals surface area contributed by atoms with Crippen LogP contribution in [0.5, 0.6) is 0 Å². The van der Waals surface area contributed by atoms with E-state index in [-0.39, 0.29) is 0 Å². The maximum Gasteiger partial charge on any atom is 0.346 e. The first-order chi connectivity index (χ1) is 8.42. The second-order valence-corrected chi connectivity index (χ2v) is 3.71. The molecule has 0 atom stereocenters. The van der Waals surface area contributed by atoms with Crippen molar-refractivity contribution >= 4 is 34.9 Å². The van der Waals surface area contributed by atoms with Gasteiger partial charge >= 0.3 is 5.97 Å². The van der Waals surface area contributed by atoms with E-state index in [2.05, 4.69) is 0 Å². The highest BCUT2D eigenvalue weighted by Crippen LogP contribution is 2.23. The SMILES string of the molecule is N#CC(=CCO)C(=O)O.Nc1ccc(Cl)c(Cl)c1. The van der Waals surface area contributed by atoms with Crippen LogP contribution >= 0.6 is 23.2 Å². The number of halogens is 2. The first kappa shape index (κ1) is 16.3. The van der Waals surface area contributed by atoms with E-state index in [9.17, 15) is 4.79 Å². The topological polar surface area (TPSA) is 107 Å². The molecular weight excluding hydrogens is 279 g/mol. The Labute approximate surface area is 114 Å². The summed E-state index contributed by atoms with van der Waals surface area (Å²) in [4.78, 5) is 9.92. The lowest BCUT2D eigenvalue weighted by Crippen LogP contribution is -1.98. The van der Waals surface area contributed by atoms with Crippen molar-refractivity contribution in [2.45, 2.75) is 0 Å². The van der Waals surface area contributed by atoms with Crippen molar-refractivity contribution in [3.8, 4) is 6.07 Å². The molecule has 1 aromatic carbocycles. The molecule has 5 nitrogen and oxygen atoms in total. The van der Waals surface area contributed by atoms with Gasteiger partial charge in [0.1, 0.15) is 11.6 Å². The summed E-state index contributed by atoms with van der Waals surface area (Å²) in [6, 6.07) is 6.39. The number of hydrogen-bond acceptors (Lipinski definition) is 4. The van der Waals surface area contributed by atoms with Gasteiger partial charge in [0.2, 0.25) is 0 Å². The van der Waals surface area contributed by atoms with E-state index in [1.54, 1.807) is 18.2 Å². The van der Waals surface area contributed by atoms with E-state index >= 15 is 0 Å². The van der Waals surface area contributed by atoms with Crippen LogP contribution in [0.4, 0.5) is 5.69 Å². The molecule has 0 fully saturated rings. The van der Waals surface area contributed by atoms with Crippen LogP contribution in [0.15, 0.2) is 29.8 Å². The highest BCUT2D eigenvalue weighted by molar-refractivity contribution is 6.42. The maximum absolute atomic E-state index is 9.92. The second-order valence-electron chi connectivity index (χ2n) is 2.89. The van der Waals surface area contributed by atoms with Gasteiger partial charge in [-0.2, -0.15) is 5.26 Å². The van der Waals surface area contributed by atoms with Crippen LogP contribution in [0.3, 0.4) is 0 Å². The van der Waals surface area contributed by atoms with E-state index in [0.717, 1.165) is 6.08 Å². The van der Waals surface area contributed by atoms with Gasteiger partial charge in [0.15, 0.2) is 0 Å². The molecule has 96 valence electrons. The summed E-state index contributed by atoms with van der Waals surface area (Å²) >= 11 is 11.2. The molecule has 0 heterocycles. The van der Waals surface area contributed by atoms with Crippen molar-refractivity contribution < 1.29 is 15.0 Å². The zero-order chi connectivity index (χ0) is 14.1. The number of benzene rings is 1. The largest absolute Gasteiger partial charge is 0.477 e. The Kier molecular flexibility index (Phi) is 7.56. The fourth-order valence-electron chi connectivity index (χ4n) is 0.784. The summed E-state index contributed by atoms with van der Waals surface area (Å²) in [5.41, 5.74) is 5.58. The molecule has 0 aliphatic rings. The average molecular weight is 289 g/mol. The van der Waals surface area contributed by atoms with Crippen LogP contribution in [0.25, 0.3) is 0 Å². The molecule has 0 unspecified atom stereocenters. The number of nitrogens with zero attached hydrogens (tertiary/aromatic N) is 1. The Hall–Kier alpha value is -1.74. The number of anilines is 1. The van der Waals surface area contributed by atoms with Gasteiger partial charge in [-0.1, -0.05) is 23.2 Å². The first-order valence-corrected chi connectivity index (χ1v) is 5.33. The zero-order valence-corrected chi connectivity index (χ0v) is 10.6. The molecule has 0 amide bonds. The summed E-state index contributed by atoms with van der Waals surface area (Å²) in [5.74, 6) is -1.31.